The van der Waals surface area contributed by atoms with Crippen molar-refractivity contribution < 1.29 is 18.0 Å². The van der Waals surface area contributed by atoms with Crippen LogP contribution in [-0.4, -0.2) is 42.7 Å². The van der Waals surface area contributed by atoms with Crippen LogP contribution >= 0.6 is 0 Å². The first-order valence-corrected chi connectivity index (χ1v) is 7.72. The first-order valence-electron chi connectivity index (χ1n) is 7.72. The number of nitrogens with zero attached hydrogens (tertiary/aromatic N) is 1. The van der Waals surface area contributed by atoms with E-state index < -0.39 is 12.7 Å². The van der Waals surface area contributed by atoms with Gasteiger partial charge in [-0.1, -0.05) is 30.3 Å². The molecular formula is C16H22F3N3O. The summed E-state index contributed by atoms with van der Waals surface area (Å²) in [6.45, 7) is -0.197. The van der Waals surface area contributed by atoms with Gasteiger partial charge < -0.3 is 11.1 Å². The number of alkyl halides is 3. The summed E-state index contributed by atoms with van der Waals surface area (Å²) in [5.74, 6) is -0.157. The highest BCUT2D eigenvalue weighted by molar-refractivity contribution is 5.77. The lowest BCUT2D eigenvalue weighted by Gasteiger charge is -2.32. The molecule has 3 N–H and O–H groups in total. The van der Waals surface area contributed by atoms with Crippen molar-refractivity contribution in [2.45, 2.75) is 37.5 Å². The van der Waals surface area contributed by atoms with Gasteiger partial charge in [-0.15, -0.1) is 0 Å². The van der Waals surface area contributed by atoms with Gasteiger partial charge in [-0.3, -0.25) is 9.69 Å². The molecule has 0 bridgehead atoms. The standard InChI is InChI=1S/C16H22F3N3O/c17-16(18,19)11-22-8-6-13(7-9-22)21-15(23)10-14(20)12-4-2-1-3-5-12/h1-5,13-14H,6-11,20H2,(H,21,23). The highest BCUT2D eigenvalue weighted by Gasteiger charge is 2.32. The van der Waals surface area contributed by atoms with E-state index in [1.165, 1.54) is 4.90 Å². The Morgan fingerprint density at radius 2 is 1.87 bits per heavy atom. The highest BCUT2D eigenvalue weighted by atomic mass is 19.4. The third kappa shape index (κ3) is 6.19. The topological polar surface area (TPSA) is 58.4 Å². The van der Waals surface area contributed by atoms with Crippen molar-refractivity contribution >= 4 is 5.91 Å². The van der Waals surface area contributed by atoms with Gasteiger partial charge in [-0.2, -0.15) is 13.2 Å². The van der Waals surface area contributed by atoms with E-state index in [9.17, 15) is 18.0 Å². The smallest absolute Gasteiger partial charge is 0.353 e. The number of carbonyl (C=O) groups is 1. The van der Waals surface area contributed by atoms with Crippen LogP contribution in [0.15, 0.2) is 30.3 Å². The van der Waals surface area contributed by atoms with Crippen molar-refractivity contribution in [2.75, 3.05) is 19.6 Å². The zero-order chi connectivity index (χ0) is 16.9. The van der Waals surface area contributed by atoms with Gasteiger partial charge in [0.25, 0.3) is 0 Å². The van der Waals surface area contributed by atoms with Crippen LogP contribution in [-0.2, 0) is 4.79 Å². The van der Waals surface area contributed by atoms with Crippen LogP contribution in [0.4, 0.5) is 13.2 Å². The molecule has 1 aliphatic rings. The van der Waals surface area contributed by atoms with Gasteiger partial charge in [0, 0.05) is 31.6 Å². The van der Waals surface area contributed by atoms with E-state index in [1.807, 2.05) is 30.3 Å². The van der Waals surface area contributed by atoms with E-state index in [1.54, 1.807) is 0 Å². The number of amides is 1. The van der Waals surface area contributed by atoms with E-state index in [2.05, 4.69) is 5.32 Å². The van der Waals surface area contributed by atoms with Crippen LogP contribution in [0.3, 0.4) is 0 Å². The lowest BCUT2D eigenvalue weighted by molar-refractivity contribution is -0.148. The molecule has 4 nitrogen and oxygen atoms in total. The Labute approximate surface area is 133 Å². The van der Waals surface area contributed by atoms with Crippen molar-refractivity contribution in [1.29, 1.82) is 0 Å². The molecule has 128 valence electrons. The lowest BCUT2D eigenvalue weighted by Crippen LogP contribution is -2.47. The molecule has 0 aromatic heterocycles. The van der Waals surface area contributed by atoms with E-state index in [0.717, 1.165) is 5.56 Å². The highest BCUT2D eigenvalue weighted by Crippen LogP contribution is 2.20. The molecule has 1 heterocycles. The zero-order valence-corrected chi connectivity index (χ0v) is 12.9. The summed E-state index contributed by atoms with van der Waals surface area (Å²) in [6.07, 6.45) is -2.93. The van der Waals surface area contributed by atoms with Gasteiger partial charge in [-0.25, -0.2) is 0 Å². The van der Waals surface area contributed by atoms with Crippen LogP contribution in [0.25, 0.3) is 0 Å². The monoisotopic (exact) mass is 329 g/mol. The first kappa shape index (κ1) is 17.7. The molecular weight excluding hydrogens is 307 g/mol. The summed E-state index contributed by atoms with van der Waals surface area (Å²) in [5.41, 5.74) is 6.89. The molecule has 1 fully saturated rings. The summed E-state index contributed by atoms with van der Waals surface area (Å²) in [4.78, 5) is 13.4. The Kier molecular flexibility index (Phi) is 6.01. The Morgan fingerprint density at radius 3 is 2.43 bits per heavy atom. The van der Waals surface area contributed by atoms with Gasteiger partial charge >= 0.3 is 6.18 Å². The van der Waals surface area contributed by atoms with Crippen molar-refractivity contribution in [3.63, 3.8) is 0 Å². The van der Waals surface area contributed by atoms with E-state index >= 15 is 0 Å². The molecule has 0 saturated carbocycles. The Bertz CT molecular complexity index is 499. The minimum Gasteiger partial charge on any atom is -0.353 e. The summed E-state index contributed by atoms with van der Waals surface area (Å²) >= 11 is 0. The molecule has 23 heavy (non-hydrogen) atoms. The number of nitrogens with one attached hydrogen (secondary N) is 1. The fourth-order valence-electron chi connectivity index (χ4n) is 2.79. The second-order valence-electron chi connectivity index (χ2n) is 5.95. The summed E-state index contributed by atoms with van der Waals surface area (Å²) in [5, 5.41) is 2.88. The number of hydrogen-bond donors (Lipinski definition) is 2. The number of rotatable bonds is 5. The maximum atomic E-state index is 12.3. The average molecular weight is 329 g/mol. The van der Waals surface area contributed by atoms with Crippen molar-refractivity contribution in [3.05, 3.63) is 35.9 Å². The molecule has 0 aliphatic carbocycles. The molecule has 1 saturated heterocycles. The number of nitrogens with two attached hydrogens (primary N) is 1. The van der Waals surface area contributed by atoms with Gasteiger partial charge in [0.2, 0.25) is 5.91 Å². The minimum atomic E-state index is -4.17. The average Bonchev–Trinajstić information content (AvgIpc) is 2.48. The number of halogens is 3. The summed E-state index contributed by atoms with van der Waals surface area (Å²) in [6, 6.07) is 8.90. The Morgan fingerprint density at radius 1 is 1.26 bits per heavy atom. The second kappa shape index (κ2) is 7.79. The van der Waals surface area contributed by atoms with Gasteiger partial charge in [0.15, 0.2) is 0 Å². The van der Waals surface area contributed by atoms with Crippen molar-refractivity contribution in [1.82, 2.24) is 10.2 Å². The maximum Gasteiger partial charge on any atom is 0.401 e. The van der Waals surface area contributed by atoms with Crippen LogP contribution < -0.4 is 11.1 Å². The van der Waals surface area contributed by atoms with Crippen molar-refractivity contribution in [3.8, 4) is 0 Å². The number of likely N-dealkylation sites (tertiary alicyclic amines) is 1. The lowest BCUT2D eigenvalue weighted by atomic mass is 10.0. The summed E-state index contributed by atoms with van der Waals surface area (Å²) < 4.78 is 37.0. The predicted molar refractivity (Wildman–Crippen MR) is 81.6 cm³/mol. The van der Waals surface area contributed by atoms with E-state index in [-0.39, 0.29) is 24.4 Å². The molecule has 1 amide bonds. The molecule has 1 aromatic carbocycles. The maximum absolute atomic E-state index is 12.3. The normalized spacial score (nSPS) is 18.6. The van der Waals surface area contributed by atoms with Crippen LogP contribution in [0.1, 0.15) is 30.9 Å². The Hall–Kier alpha value is -1.60. The van der Waals surface area contributed by atoms with E-state index in [4.69, 9.17) is 5.73 Å². The molecule has 1 aliphatic heterocycles. The van der Waals surface area contributed by atoms with Crippen molar-refractivity contribution in [2.24, 2.45) is 5.73 Å². The summed E-state index contributed by atoms with van der Waals surface area (Å²) in [7, 11) is 0. The fraction of sp³-hybridized carbons (Fsp3) is 0.562. The third-order valence-corrected chi connectivity index (χ3v) is 3.99. The molecule has 0 spiro atoms. The van der Waals surface area contributed by atoms with Crippen LogP contribution in [0.5, 0.6) is 0 Å². The van der Waals surface area contributed by atoms with Gasteiger partial charge in [0.1, 0.15) is 0 Å². The molecule has 1 atom stereocenters. The third-order valence-electron chi connectivity index (χ3n) is 3.99. The van der Waals surface area contributed by atoms with Crippen LogP contribution in [0.2, 0.25) is 0 Å². The van der Waals surface area contributed by atoms with E-state index in [0.29, 0.717) is 25.9 Å². The molecule has 0 radical (unpaired) electrons. The number of hydrogen-bond acceptors (Lipinski definition) is 3. The van der Waals surface area contributed by atoms with Crippen LogP contribution in [0, 0.1) is 0 Å². The minimum absolute atomic E-state index is 0.0741. The largest absolute Gasteiger partial charge is 0.401 e. The van der Waals surface area contributed by atoms with Gasteiger partial charge in [-0.05, 0) is 18.4 Å². The van der Waals surface area contributed by atoms with Gasteiger partial charge in [0.05, 0.1) is 6.54 Å². The molecule has 2 rings (SSSR count). The SMILES string of the molecule is NC(CC(=O)NC1CCN(CC(F)(F)F)CC1)c1ccccc1. The fourth-order valence-corrected chi connectivity index (χ4v) is 2.79. The number of carbonyl (C=O) groups excluding carboxylic acids is 1. The predicted octanol–water partition coefficient (Wildman–Crippen LogP) is 2.22. The molecule has 1 unspecified atom stereocenters. The quantitative estimate of drug-likeness (QED) is 0.871. The Balaban J connectivity index is 1.73. The molecule has 7 heteroatoms. The first-order chi connectivity index (χ1) is 10.8. The second-order valence-corrected chi connectivity index (χ2v) is 5.95. The zero-order valence-electron chi connectivity index (χ0n) is 12.9. The number of piperidine rings is 1. The molecule has 1 aromatic rings. The number of benzene rings is 1.